The zero-order valence-corrected chi connectivity index (χ0v) is 8.77. The maximum absolute atomic E-state index is 11.5. The predicted octanol–water partition coefficient (Wildman–Crippen LogP) is 2.79. The number of hydrogen-bond acceptors (Lipinski definition) is 2. The number of carbonyl (C=O) groups is 2. The largest absolute Gasteiger partial charge is 0.286 e. The lowest BCUT2D eigenvalue weighted by atomic mass is 10.1. The quantitative estimate of drug-likeness (QED) is 0.418. The molecular formula is C13H14O2. The molecule has 0 aliphatic heterocycles. The minimum absolute atomic E-state index is 0.442. The van der Waals surface area contributed by atoms with Gasteiger partial charge in [-0.25, -0.2) is 0 Å². The lowest BCUT2D eigenvalue weighted by Crippen LogP contribution is -2.10. The fourth-order valence-electron chi connectivity index (χ4n) is 1.16. The fraction of sp³-hybridized carbons (Fsp3) is 0.231. The van der Waals surface area contributed by atoms with E-state index in [1.807, 2.05) is 13.0 Å². The molecular weight excluding hydrogens is 188 g/mol. The van der Waals surface area contributed by atoms with Crippen LogP contribution in [0.5, 0.6) is 0 Å². The van der Waals surface area contributed by atoms with Crippen LogP contribution in [-0.2, 0) is 4.79 Å². The third-order valence-electron chi connectivity index (χ3n) is 1.98. The van der Waals surface area contributed by atoms with E-state index in [0.717, 1.165) is 12.8 Å². The van der Waals surface area contributed by atoms with Crippen LogP contribution in [0.4, 0.5) is 0 Å². The number of benzene rings is 1. The second kappa shape index (κ2) is 5.91. The number of rotatable bonds is 5. The van der Waals surface area contributed by atoms with Crippen molar-refractivity contribution in [2.24, 2.45) is 0 Å². The zero-order chi connectivity index (χ0) is 11.1. The maximum Gasteiger partial charge on any atom is 0.232 e. The summed E-state index contributed by atoms with van der Waals surface area (Å²) in [5.41, 5.74) is 0.448. The average molecular weight is 202 g/mol. The van der Waals surface area contributed by atoms with Crippen molar-refractivity contribution in [1.82, 2.24) is 0 Å². The Kier molecular flexibility index (Phi) is 4.48. The van der Waals surface area contributed by atoms with Gasteiger partial charge in [-0.1, -0.05) is 49.8 Å². The molecule has 0 saturated carbocycles. The van der Waals surface area contributed by atoms with E-state index >= 15 is 0 Å². The van der Waals surface area contributed by atoms with Crippen molar-refractivity contribution in [2.75, 3.05) is 0 Å². The van der Waals surface area contributed by atoms with Gasteiger partial charge in [0.25, 0.3) is 0 Å². The first-order valence-electron chi connectivity index (χ1n) is 5.06. The highest BCUT2D eigenvalue weighted by Crippen LogP contribution is 2.01. The smallest absolute Gasteiger partial charge is 0.232 e. The molecule has 15 heavy (non-hydrogen) atoms. The number of ketones is 2. The van der Waals surface area contributed by atoms with Gasteiger partial charge in [0.05, 0.1) is 0 Å². The van der Waals surface area contributed by atoms with Gasteiger partial charge in [-0.3, -0.25) is 9.59 Å². The van der Waals surface area contributed by atoms with E-state index in [0.29, 0.717) is 5.56 Å². The van der Waals surface area contributed by atoms with E-state index in [9.17, 15) is 9.59 Å². The van der Waals surface area contributed by atoms with Gasteiger partial charge in [-0.2, -0.15) is 0 Å². The van der Waals surface area contributed by atoms with E-state index in [2.05, 4.69) is 0 Å². The van der Waals surface area contributed by atoms with Crippen LogP contribution in [0.25, 0.3) is 0 Å². The Hall–Kier alpha value is -1.70. The molecule has 0 fully saturated rings. The molecule has 0 amide bonds. The van der Waals surface area contributed by atoms with Crippen molar-refractivity contribution < 1.29 is 9.59 Å². The second-order valence-corrected chi connectivity index (χ2v) is 3.25. The summed E-state index contributed by atoms with van der Waals surface area (Å²) in [7, 11) is 0. The minimum atomic E-state index is -0.449. The summed E-state index contributed by atoms with van der Waals surface area (Å²) < 4.78 is 0. The number of hydrogen-bond donors (Lipinski definition) is 0. The summed E-state index contributed by atoms with van der Waals surface area (Å²) in [4.78, 5) is 22.9. The van der Waals surface area contributed by atoms with E-state index in [4.69, 9.17) is 0 Å². The fourth-order valence-corrected chi connectivity index (χ4v) is 1.16. The van der Waals surface area contributed by atoms with Gasteiger partial charge in [0.1, 0.15) is 0 Å². The first-order chi connectivity index (χ1) is 7.25. The van der Waals surface area contributed by atoms with Crippen LogP contribution in [-0.4, -0.2) is 11.6 Å². The summed E-state index contributed by atoms with van der Waals surface area (Å²) in [5.74, 6) is -0.891. The Balaban J connectivity index is 2.66. The molecule has 0 atom stereocenters. The minimum Gasteiger partial charge on any atom is -0.286 e. The van der Waals surface area contributed by atoms with E-state index in [1.54, 1.807) is 30.3 Å². The molecule has 0 N–H and O–H groups in total. The van der Waals surface area contributed by atoms with Crippen molar-refractivity contribution in [3.8, 4) is 0 Å². The number of unbranched alkanes of at least 4 members (excludes halogenated alkanes) is 1. The maximum atomic E-state index is 11.5. The average Bonchev–Trinajstić information content (AvgIpc) is 2.29. The highest BCUT2D eigenvalue weighted by Gasteiger charge is 2.11. The normalized spacial score (nSPS) is 10.5. The van der Waals surface area contributed by atoms with Gasteiger partial charge < -0.3 is 0 Å². The van der Waals surface area contributed by atoms with E-state index in [1.165, 1.54) is 6.08 Å². The van der Waals surface area contributed by atoms with E-state index < -0.39 is 11.6 Å². The molecule has 0 saturated heterocycles. The molecule has 0 unspecified atom stereocenters. The summed E-state index contributed by atoms with van der Waals surface area (Å²) >= 11 is 0. The van der Waals surface area contributed by atoms with Crippen molar-refractivity contribution >= 4 is 11.6 Å². The van der Waals surface area contributed by atoms with Crippen LogP contribution in [0.15, 0.2) is 42.5 Å². The topological polar surface area (TPSA) is 34.1 Å². The molecule has 2 nitrogen and oxygen atoms in total. The molecule has 1 aromatic rings. The van der Waals surface area contributed by atoms with E-state index in [-0.39, 0.29) is 0 Å². The highest BCUT2D eigenvalue weighted by atomic mass is 16.2. The molecule has 2 heteroatoms. The van der Waals surface area contributed by atoms with Crippen LogP contribution >= 0.6 is 0 Å². The monoisotopic (exact) mass is 202 g/mol. The van der Waals surface area contributed by atoms with Gasteiger partial charge >= 0.3 is 0 Å². The predicted molar refractivity (Wildman–Crippen MR) is 59.8 cm³/mol. The molecule has 1 aromatic carbocycles. The van der Waals surface area contributed by atoms with Gasteiger partial charge in [0.2, 0.25) is 11.6 Å². The SMILES string of the molecule is CCC/C=C/C(=O)C(=O)c1ccccc1. The summed E-state index contributed by atoms with van der Waals surface area (Å²) in [5, 5.41) is 0. The number of carbonyl (C=O) groups excluding carboxylic acids is 2. The third-order valence-corrected chi connectivity index (χ3v) is 1.98. The molecule has 0 heterocycles. The Labute approximate surface area is 89.6 Å². The first kappa shape index (κ1) is 11.4. The molecule has 0 radical (unpaired) electrons. The standard InChI is InChI=1S/C13H14O2/c1-2-3-5-10-12(14)13(15)11-8-6-4-7-9-11/h4-10H,2-3H2,1H3/b10-5+. The summed E-state index contributed by atoms with van der Waals surface area (Å²) in [6, 6.07) is 8.60. The second-order valence-electron chi connectivity index (χ2n) is 3.25. The van der Waals surface area contributed by atoms with Crippen LogP contribution in [0.2, 0.25) is 0 Å². The van der Waals surface area contributed by atoms with Crippen molar-refractivity contribution in [3.05, 3.63) is 48.0 Å². The lowest BCUT2D eigenvalue weighted by molar-refractivity contribution is -0.110. The van der Waals surface area contributed by atoms with Crippen LogP contribution in [0.1, 0.15) is 30.1 Å². The van der Waals surface area contributed by atoms with Crippen LogP contribution in [0.3, 0.4) is 0 Å². The summed E-state index contributed by atoms with van der Waals surface area (Å²) in [6.45, 7) is 2.02. The van der Waals surface area contributed by atoms with Crippen molar-refractivity contribution in [1.29, 1.82) is 0 Å². The van der Waals surface area contributed by atoms with Crippen LogP contribution < -0.4 is 0 Å². The molecule has 1 rings (SSSR count). The first-order valence-corrected chi connectivity index (χ1v) is 5.06. The van der Waals surface area contributed by atoms with Crippen molar-refractivity contribution in [3.63, 3.8) is 0 Å². The Morgan fingerprint density at radius 3 is 2.47 bits per heavy atom. The van der Waals surface area contributed by atoms with Gasteiger partial charge in [-0.05, 0) is 12.5 Å². The Morgan fingerprint density at radius 2 is 1.87 bits per heavy atom. The Bertz CT molecular complexity index is 363. The zero-order valence-electron chi connectivity index (χ0n) is 8.77. The Morgan fingerprint density at radius 1 is 1.20 bits per heavy atom. The van der Waals surface area contributed by atoms with Crippen LogP contribution in [0, 0.1) is 0 Å². The molecule has 0 aliphatic carbocycles. The molecule has 0 aliphatic rings. The third kappa shape index (κ3) is 3.50. The highest BCUT2D eigenvalue weighted by molar-refractivity contribution is 6.47. The molecule has 0 bridgehead atoms. The summed E-state index contributed by atoms with van der Waals surface area (Å²) in [6.07, 6.45) is 4.90. The van der Waals surface area contributed by atoms with Gasteiger partial charge in [0.15, 0.2) is 0 Å². The van der Waals surface area contributed by atoms with Gasteiger partial charge in [-0.15, -0.1) is 0 Å². The molecule has 78 valence electrons. The molecule has 0 aromatic heterocycles. The van der Waals surface area contributed by atoms with Gasteiger partial charge in [0, 0.05) is 5.56 Å². The van der Waals surface area contributed by atoms with Crippen molar-refractivity contribution in [2.45, 2.75) is 19.8 Å². The lowest BCUT2D eigenvalue weighted by Gasteiger charge is -1.95. The molecule has 0 spiro atoms. The number of allylic oxidation sites excluding steroid dienone is 2. The number of Topliss-reactive ketones (excluding diaryl/α,β-unsaturated/α-hetero) is 1.